The van der Waals surface area contributed by atoms with Crippen LogP contribution in [0.4, 0.5) is 8.78 Å². The fourth-order valence-corrected chi connectivity index (χ4v) is 2.64. The third-order valence-electron chi connectivity index (χ3n) is 4.04. The molecule has 0 N–H and O–H groups in total. The van der Waals surface area contributed by atoms with E-state index >= 15 is 0 Å². The van der Waals surface area contributed by atoms with Gasteiger partial charge in [0.05, 0.1) is 13.7 Å². The van der Waals surface area contributed by atoms with E-state index in [-0.39, 0.29) is 29.6 Å². The Hall–Kier alpha value is -3.15. The van der Waals surface area contributed by atoms with Crippen LogP contribution >= 0.6 is 0 Å². The van der Waals surface area contributed by atoms with Crippen molar-refractivity contribution in [2.75, 3.05) is 7.11 Å². The third-order valence-corrected chi connectivity index (χ3v) is 4.04. The van der Waals surface area contributed by atoms with Gasteiger partial charge in [-0.1, -0.05) is 6.07 Å². The zero-order valence-corrected chi connectivity index (χ0v) is 13.8. The van der Waals surface area contributed by atoms with Gasteiger partial charge in [-0.25, -0.2) is 4.79 Å². The second-order valence-corrected chi connectivity index (χ2v) is 5.83. The Bertz CT molecular complexity index is 987. The topological polar surface area (TPSA) is 86.2 Å². The van der Waals surface area contributed by atoms with Crippen molar-refractivity contribution in [3.63, 3.8) is 0 Å². The second-order valence-electron chi connectivity index (χ2n) is 5.83. The summed E-state index contributed by atoms with van der Waals surface area (Å²) in [6.45, 7) is -3.12. The normalized spacial score (nSPS) is 13.5. The molecule has 1 aliphatic carbocycles. The van der Waals surface area contributed by atoms with Gasteiger partial charge < -0.3 is 9.47 Å². The van der Waals surface area contributed by atoms with Crippen molar-refractivity contribution in [3.8, 4) is 17.6 Å². The molecule has 1 aromatic heterocycles. The number of nitriles is 1. The smallest absolute Gasteiger partial charge is 0.387 e. The number of alkyl halides is 2. The van der Waals surface area contributed by atoms with Crippen LogP contribution < -0.4 is 20.7 Å². The van der Waals surface area contributed by atoms with Crippen LogP contribution in [-0.4, -0.2) is 22.9 Å². The van der Waals surface area contributed by atoms with Crippen molar-refractivity contribution in [2.24, 2.45) is 0 Å². The molecule has 0 atom stereocenters. The van der Waals surface area contributed by atoms with Gasteiger partial charge in [0.15, 0.2) is 11.5 Å². The lowest BCUT2D eigenvalue weighted by Crippen LogP contribution is -2.40. The van der Waals surface area contributed by atoms with Gasteiger partial charge in [-0.15, -0.1) is 0 Å². The van der Waals surface area contributed by atoms with Crippen molar-refractivity contribution in [1.82, 2.24) is 9.13 Å². The molecule has 0 bridgehead atoms. The monoisotopic (exact) mass is 363 g/mol. The number of hydrogen-bond donors (Lipinski definition) is 0. The van der Waals surface area contributed by atoms with Crippen LogP contribution in [0.15, 0.2) is 34.0 Å². The molecular formula is C17H15F2N3O4. The minimum atomic E-state index is -3.00. The maximum absolute atomic E-state index is 12.6. The van der Waals surface area contributed by atoms with Crippen LogP contribution in [0.5, 0.6) is 11.5 Å². The SMILES string of the molecule is COc1cc(Cn2c(=O)c(C#N)cn(C3CC3)c2=O)ccc1OC(F)F. The fourth-order valence-electron chi connectivity index (χ4n) is 2.64. The molecule has 26 heavy (non-hydrogen) atoms. The Morgan fingerprint density at radius 2 is 2.04 bits per heavy atom. The van der Waals surface area contributed by atoms with E-state index in [4.69, 9.17) is 10.00 Å². The Kier molecular flexibility index (Phi) is 4.75. The molecule has 9 heteroatoms. The first kappa shape index (κ1) is 17.7. The molecule has 1 saturated carbocycles. The lowest BCUT2D eigenvalue weighted by atomic mass is 10.2. The Morgan fingerprint density at radius 1 is 1.31 bits per heavy atom. The lowest BCUT2D eigenvalue weighted by Gasteiger charge is -2.13. The summed E-state index contributed by atoms with van der Waals surface area (Å²) in [6, 6.07) is 5.94. The molecule has 0 amide bonds. The van der Waals surface area contributed by atoms with Crippen molar-refractivity contribution < 1.29 is 18.3 Å². The van der Waals surface area contributed by atoms with Crippen LogP contribution in [-0.2, 0) is 6.54 Å². The van der Waals surface area contributed by atoms with E-state index < -0.39 is 17.9 Å². The summed E-state index contributed by atoms with van der Waals surface area (Å²) in [4.78, 5) is 24.9. The standard InChI is InChI=1S/C17H15F2N3O4/c1-25-14-6-10(2-5-13(14)26-16(18)19)8-22-15(23)11(7-20)9-21(17(22)24)12-3-4-12/h2,5-6,9,12,16H,3-4,8H2,1H3. The predicted octanol–water partition coefficient (Wildman–Crippen LogP) is 1.87. The maximum atomic E-state index is 12.6. The van der Waals surface area contributed by atoms with E-state index in [1.165, 1.54) is 36.1 Å². The van der Waals surface area contributed by atoms with Crippen LogP contribution in [0.1, 0.15) is 30.0 Å². The van der Waals surface area contributed by atoms with Crippen molar-refractivity contribution in [2.45, 2.75) is 32.0 Å². The van der Waals surface area contributed by atoms with Gasteiger partial charge >= 0.3 is 12.3 Å². The molecule has 3 rings (SSSR count). The summed E-state index contributed by atoms with van der Waals surface area (Å²) in [5.74, 6) is -0.102. The van der Waals surface area contributed by atoms with E-state index in [1.54, 1.807) is 6.07 Å². The highest BCUT2D eigenvalue weighted by Gasteiger charge is 2.27. The highest BCUT2D eigenvalue weighted by Crippen LogP contribution is 2.33. The molecule has 0 radical (unpaired) electrons. The molecule has 0 unspecified atom stereocenters. The number of methoxy groups -OCH3 is 1. The van der Waals surface area contributed by atoms with Crippen LogP contribution in [0.25, 0.3) is 0 Å². The maximum Gasteiger partial charge on any atom is 0.387 e. The van der Waals surface area contributed by atoms with E-state index in [0.29, 0.717) is 5.56 Å². The molecule has 2 aromatic rings. The zero-order valence-electron chi connectivity index (χ0n) is 13.8. The summed E-state index contributed by atoms with van der Waals surface area (Å²) in [5, 5.41) is 9.14. The lowest BCUT2D eigenvalue weighted by molar-refractivity contribution is -0.0512. The van der Waals surface area contributed by atoms with Crippen LogP contribution in [0, 0.1) is 11.3 Å². The largest absolute Gasteiger partial charge is 0.493 e. The quantitative estimate of drug-likeness (QED) is 0.782. The Balaban J connectivity index is 2.01. The summed E-state index contributed by atoms with van der Waals surface area (Å²) >= 11 is 0. The third kappa shape index (κ3) is 3.44. The summed E-state index contributed by atoms with van der Waals surface area (Å²) in [7, 11) is 1.29. The molecule has 1 fully saturated rings. The van der Waals surface area contributed by atoms with E-state index in [1.807, 2.05) is 0 Å². The first-order chi connectivity index (χ1) is 12.4. The highest BCUT2D eigenvalue weighted by molar-refractivity contribution is 5.43. The van der Waals surface area contributed by atoms with Gasteiger partial charge in [0, 0.05) is 12.2 Å². The highest BCUT2D eigenvalue weighted by atomic mass is 19.3. The van der Waals surface area contributed by atoms with Crippen molar-refractivity contribution >= 4 is 0 Å². The summed E-state index contributed by atoms with van der Waals surface area (Å²) in [6.07, 6.45) is 2.92. The van der Waals surface area contributed by atoms with E-state index in [9.17, 15) is 18.4 Å². The second kappa shape index (κ2) is 7.00. The molecule has 136 valence electrons. The Labute approximate surface area is 146 Å². The van der Waals surface area contributed by atoms with Gasteiger partial charge in [-0.3, -0.25) is 13.9 Å². The molecule has 1 aromatic carbocycles. The van der Waals surface area contributed by atoms with Gasteiger partial charge in [-0.05, 0) is 30.5 Å². The molecule has 0 spiro atoms. The molecule has 7 nitrogen and oxygen atoms in total. The zero-order chi connectivity index (χ0) is 18.8. The number of aromatic nitrogens is 2. The van der Waals surface area contributed by atoms with Gasteiger partial charge in [-0.2, -0.15) is 14.0 Å². The number of rotatable bonds is 6. The number of hydrogen-bond acceptors (Lipinski definition) is 5. The van der Waals surface area contributed by atoms with Crippen LogP contribution in [0.3, 0.4) is 0 Å². The van der Waals surface area contributed by atoms with Gasteiger partial charge in [0.2, 0.25) is 0 Å². The van der Waals surface area contributed by atoms with Gasteiger partial charge in [0.25, 0.3) is 5.56 Å². The average molecular weight is 363 g/mol. The molecule has 0 aliphatic heterocycles. The first-order valence-corrected chi connectivity index (χ1v) is 7.82. The van der Waals surface area contributed by atoms with Gasteiger partial charge in [0.1, 0.15) is 11.6 Å². The predicted molar refractivity (Wildman–Crippen MR) is 86.7 cm³/mol. The number of ether oxygens (including phenoxy) is 2. The first-order valence-electron chi connectivity index (χ1n) is 7.82. The van der Waals surface area contributed by atoms with Crippen molar-refractivity contribution in [3.05, 3.63) is 56.4 Å². The summed E-state index contributed by atoms with van der Waals surface area (Å²) in [5.41, 5.74) is -0.856. The number of benzene rings is 1. The average Bonchev–Trinajstić information content (AvgIpc) is 3.44. The number of halogens is 2. The summed E-state index contributed by atoms with van der Waals surface area (Å²) < 4.78 is 36.5. The minimum Gasteiger partial charge on any atom is -0.493 e. The molecule has 0 saturated heterocycles. The number of nitrogens with zero attached hydrogens (tertiary/aromatic N) is 3. The molecule has 1 heterocycles. The van der Waals surface area contributed by atoms with Crippen LogP contribution in [0.2, 0.25) is 0 Å². The van der Waals surface area contributed by atoms with E-state index in [0.717, 1.165) is 17.4 Å². The van der Waals surface area contributed by atoms with Crippen molar-refractivity contribution in [1.29, 1.82) is 5.26 Å². The Morgan fingerprint density at radius 3 is 2.62 bits per heavy atom. The minimum absolute atomic E-state index is 0.00203. The molecule has 1 aliphatic rings. The molecular weight excluding hydrogens is 348 g/mol. The fraction of sp³-hybridized carbons (Fsp3) is 0.353. The van der Waals surface area contributed by atoms with E-state index in [2.05, 4.69) is 4.74 Å².